The Morgan fingerprint density at radius 3 is 2.23 bits per heavy atom. The van der Waals surface area contributed by atoms with E-state index in [0.717, 1.165) is 0 Å². The van der Waals surface area contributed by atoms with Gasteiger partial charge in [0.15, 0.2) is 28.8 Å². The predicted molar refractivity (Wildman–Crippen MR) is 142 cm³/mol. The van der Waals surface area contributed by atoms with E-state index in [2.05, 4.69) is 9.97 Å². The summed E-state index contributed by atoms with van der Waals surface area (Å²) in [7, 11) is 1.40. The summed E-state index contributed by atoms with van der Waals surface area (Å²) in [6.45, 7) is 0. The number of carbonyl (C=O) groups excluding carboxylic acids is 3. The maximum Gasteiger partial charge on any atom is 0.271 e. The highest BCUT2D eigenvalue weighted by Gasteiger charge is 2.54. The number of aromatic nitrogens is 2. The van der Waals surface area contributed by atoms with Crippen LogP contribution in [-0.2, 0) is 22.4 Å². The minimum absolute atomic E-state index is 0.0384. The maximum absolute atomic E-state index is 13.2. The predicted octanol–water partition coefficient (Wildman–Crippen LogP) is 5.03. The SMILES string of the molecule is COc1cc2nccc(Oc3ccc(CC(=O)C4(C(=O)Cc5ccc(F)cc5)CC4)cc3Cl)c2nc1C(N)=O. The molecule has 0 spiro atoms. The first-order chi connectivity index (χ1) is 18.7. The smallest absolute Gasteiger partial charge is 0.271 e. The van der Waals surface area contributed by atoms with Crippen molar-refractivity contribution in [1.29, 1.82) is 0 Å². The largest absolute Gasteiger partial charge is 0.494 e. The average molecular weight is 548 g/mol. The quantitative estimate of drug-likeness (QED) is 0.276. The van der Waals surface area contributed by atoms with Crippen molar-refractivity contribution in [3.8, 4) is 17.2 Å². The van der Waals surface area contributed by atoms with Gasteiger partial charge in [-0.1, -0.05) is 29.8 Å². The molecule has 0 bridgehead atoms. The zero-order valence-corrected chi connectivity index (χ0v) is 21.6. The molecule has 198 valence electrons. The van der Waals surface area contributed by atoms with Gasteiger partial charge in [-0.15, -0.1) is 0 Å². The Morgan fingerprint density at radius 2 is 1.62 bits per heavy atom. The Balaban J connectivity index is 1.32. The summed E-state index contributed by atoms with van der Waals surface area (Å²) in [6, 6.07) is 13.8. The molecule has 0 atom stereocenters. The fraction of sp³-hybridized carbons (Fsp3) is 0.207. The van der Waals surface area contributed by atoms with Crippen LogP contribution in [0.25, 0.3) is 11.0 Å². The molecular formula is C29H23ClFN3O5. The monoisotopic (exact) mass is 547 g/mol. The van der Waals surface area contributed by atoms with E-state index in [4.69, 9.17) is 26.8 Å². The summed E-state index contributed by atoms with van der Waals surface area (Å²) in [5.74, 6) is -0.690. The van der Waals surface area contributed by atoms with Crippen molar-refractivity contribution in [3.63, 3.8) is 0 Å². The molecule has 1 aliphatic carbocycles. The molecule has 1 amide bonds. The molecule has 8 nitrogen and oxygen atoms in total. The third-order valence-corrected chi connectivity index (χ3v) is 7.07. The van der Waals surface area contributed by atoms with Gasteiger partial charge in [0.25, 0.3) is 5.91 Å². The summed E-state index contributed by atoms with van der Waals surface area (Å²) in [6.07, 6.45) is 2.64. The zero-order chi connectivity index (χ0) is 27.7. The van der Waals surface area contributed by atoms with Gasteiger partial charge >= 0.3 is 0 Å². The third-order valence-electron chi connectivity index (χ3n) is 6.77. The molecule has 5 rings (SSSR count). The molecule has 2 heterocycles. The first-order valence-corrected chi connectivity index (χ1v) is 12.5. The molecule has 2 aromatic carbocycles. The van der Waals surface area contributed by atoms with Crippen LogP contribution in [-0.4, -0.2) is 34.6 Å². The van der Waals surface area contributed by atoms with Crippen LogP contribution in [0.15, 0.2) is 60.8 Å². The van der Waals surface area contributed by atoms with Crippen LogP contribution in [0.5, 0.6) is 17.2 Å². The van der Waals surface area contributed by atoms with E-state index in [-0.39, 0.29) is 52.2 Å². The lowest BCUT2D eigenvalue weighted by atomic mass is 9.88. The van der Waals surface area contributed by atoms with Gasteiger partial charge in [0.2, 0.25) is 0 Å². The Labute approximate surface area is 227 Å². The van der Waals surface area contributed by atoms with Gasteiger partial charge in [0, 0.05) is 31.2 Å². The first-order valence-electron chi connectivity index (χ1n) is 12.1. The zero-order valence-electron chi connectivity index (χ0n) is 20.9. The number of hydrogen-bond donors (Lipinski definition) is 1. The van der Waals surface area contributed by atoms with Gasteiger partial charge in [-0.2, -0.15) is 0 Å². The summed E-state index contributed by atoms with van der Waals surface area (Å²) < 4.78 is 24.4. The van der Waals surface area contributed by atoms with Crippen molar-refractivity contribution in [2.24, 2.45) is 11.1 Å². The van der Waals surface area contributed by atoms with Crippen LogP contribution in [0.3, 0.4) is 0 Å². The highest BCUT2D eigenvalue weighted by Crippen LogP contribution is 2.49. The van der Waals surface area contributed by atoms with Crippen LogP contribution in [0.4, 0.5) is 4.39 Å². The van der Waals surface area contributed by atoms with E-state index in [1.165, 1.54) is 31.5 Å². The van der Waals surface area contributed by atoms with Crippen molar-refractivity contribution < 1.29 is 28.2 Å². The number of fused-ring (bicyclic) bond motifs is 1. The number of ether oxygens (including phenoxy) is 2. The lowest BCUT2D eigenvalue weighted by Crippen LogP contribution is -2.28. The molecular weight excluding hydrogens is 525 g/mol. The molecule has 10 heteroatoms. The van der Waals surface area contributed by atoms with Crippen molar-refractivity contribution in [1.82, 2.24) is 9.97 Å². The van der Waals surface area contributed by atoms with Crippen molar-refractivity contribution >= 4 is 40.1 Å². The van der Waals surface area contributed by atoms with E-state index >= 15 is 0 Å². The van der Waals surface area contributed by atoms with Crippen molar-refractivity contribution in [2.75, 3.05) is 7.11 Å². The summed E-state index contributed by atoms with van der Waals surface area (Å²) in [4.78, 5) is 46.4. The number of primary amides is 1. The number of carbonyl (C=O) groups is 3. The number of nitrogens with zero attached hydrogens (tertiary/aromatic N) is 2. The number of hydrogen-bond acceptors (Lipinski definition) is 7. The molecule has 0 unspecified atom stereocenters. The van der Waals surface area contributed by atoms with Gasteiger partial charge in [0.1, 0.15) is 17.1 Å². The standard InChI is InChI=1S/C29H23ClFN3O5/c1-38-23-15-20-26(34-27(23)28(32)37)22(8-11-33-20)39-21-7-4-17(12-19(21)30)14-25(36)29(9-10-29)24(35)13-16-2-5-18(31)6-3-16/h2-8,11-12,15H,9-10,13-14H2,1H3,(H2,32,37). The number of methoxy groups -OCH3 is 1. The van der Waals surface area contributed by atoms with Crippen LogP contribution >= 0.6 is 11.6 Å². The molecule has 2 N–H and O–H groups in total. The second-order valence-corrected chi connectivity index (χ2v) is 9.76. The minimum Gasteiger partial charge on any atom is -0.494 e. The van der Waals surface area contributed by atoms with Crippen molar-refractivity contribution in [3.05, 3.63) is 88.5 Å². The fourth-order valence-electron chi connectivity index (χ4n) is 4.45. The number of halogens is 2. The van der Waals surface area contributed by atoms with E-state index < -0.39 is 11.3 Å². The van der Waals surface area contributed by atoms with E-state index in [0.29, 0.717) is 41.0 Å². The number of amides is 1. The van der Waals surface area contributed by atoms with E-state index in [9.17, 15) is 18.8 Å². The van der Waals surface area contributed by atoms with Gasteiger partial charge in [-0.05, 0) is 48.2 Å². The number of ketones is 2. The summed E-state index contributed by atoms with van der Waals surface area (Å²) >= 11 is 6.49. The molecule has 4 aromatic rings. The van der Waals surface area contributed by atoms with E-state index in [1.807, 2.05) is 0 Å². The summed E-state index contributed by atoms with van der Waals surface area (Å²) in [5.41, 5.74) is 6.39. The molecule has 0 saturated heterocycles. The molecule has 1 aliphatic rings. The summed E-state index contributed by atoms with van der Waals surface area (Å²) in [5, 5.41) is 0.247. The number of nitrogens with two attached hydrogens (primary N) is 1. The number of Topliss-reactive ketones (excluding diaryl/α,β-unsaturated/α-hetero) is 2. The lowest BCUT2D eigenvalue weighted by Gasteiger charge is -2.14. The topological polar surface area (TPSA) is 121 Å². The minimum atomic E-state index is -1.00. The molecule has 39 heavy (non-hydrogen) atoms. The maximum atomic E-state index is 13.2. The average Bonchev–Trinajstić information content (AvgIpc) is 3.73. The number of rotatable bonds is 10. The highest BCUT2D eigenvalue weighted by molar-refractivity contribution is 6.32. The van der Waals surface area contributed by atoms with Gasteiger partial charge in [0.05, 0.1) is 23.1 Å². The van der Waals surface area contributed by atoms with E-state index in [1.54, 1.807) is 36.4 Å². The molecule has 1 saturated carbocycles. The molecule has 1 fully saturated rings. The van der Waals surface area contributed by atoms with Crippen LogP contribution in [0.1, 0.15) is 34.5 Å². The molecule has 2 aromatic heterocycles. The van der Waals surface area contributed by atoms with Gasteiger partial charge in [-0.25, -0.2) is 9.37 Å². The van der Waals surface area contributed by atoms with Crippen LogP contribution in [0, 0.1) is 11.2 Å². The van der Waals surface area contributed by atoms with Crippen molar-refractivity contribution in [2.45, 2.75) is 25.7 Å². The van der Waals surface area contributed by atoms with Crippen LogP contribution in [0.2, 0.25) is 5.02 Å². The Bertz CT molecular complexity index is 1620. The first kappa shape index (κ1) is 26.2. The second kappa shape index (κ2) is 10.4. The Morgan fingerprint density at radius 1 is 0.949 bits per heavy atom. The Kier molecular flexibility index (Phi) is 7.01. The normalized spacial score (nSPS) is 13.6. The number of benzene rings is 2. The number of pyridine rings is 2. The third kappa shape index (κ3) is 5.31. The highest BCUT2D eigenvalue weighted by atomic mass is 35.5. The Hall–Kier alpha value is -4.37. The second-order valence-electron chi connectivity index (χ2n) is 9.36. The van der Waals surface area contributed by atoms with Gasteiger partial charge < -0.3 is 15.2 Å². The van der Waals surface area contributed by atoms with Gasteiger partial charge in [-0.3, -0.25) is 19.4 Å². The lowest BCUT2D eigenvalue weighted by molar-refractivity contribution is -0.133. The van der Waals surface area contributed by atoms with Crippen LogP contribution < -0.4 is 15.2 Å². The fourth-order valence-corrected chi connectivity index (χ4v) is 4.69. The molecule has 0 radical (unpaired) electrons. The molecule has 0 aliphatic heterocycles.